The number of aromatic hydroxyl groups is 1. The van der Waals surface area contributed by atoms with Gasteiger partial charge in [0.15, 0.2) is 15.8 Å². The van der Waals surface area contributed by atoms with Gasteiger partial charge in [0.1, 0.15) is 0 Å². The van der Waals surface area contributed by atoms with Crippen LogP contribution in [0.2, 0.25) is 5.02 Å². The fourth-order valence-corrected chi connectivity index (χ4v) is 4.03. The summed E-state index contributed by atoms with van der Waals surface area (Å²) in [7, 11) is 2.89. The Balaban J connectivity index is 1.98. The lowest BCUT2D eigenvalue weighted by Gasteiger charge is -2.15. The number of carbonyl (C=O) groups is 1. The van der Waals surface area contributed by atoms with Gasteiger partial charge >= 0.3 is 0 Å². The van der Waals surface area contributed by atoms with E-state index in [2.05, 4.69) is 0 Å². The summed E-state index contributed by atoms with van der Waals surface area (Å²) in [4.78, 5) is 14.8. The molecule has 1 heterocycles. The number of methoxy groups -OCH3 is 2. The van der Waals surface area contributed by atoms with E-state index in [0.29, 0.717) is 25.5 Å². The average molecular weight is 422 g/mol. The van der Waals surface area contributed by atoms with Gasteiger partial charge in [-0.3, -0.25) is 9.69 Å². The van der Waals surface area contributed by atoms with Gasteiger partial charge in [0.2, 0.25) is 5.75 Å². The molecule has 0 atom stereocenters. The van der Waals surface area contributed by atoms with Gasteiger partial charge in [-0.2, -0.15) is 0 Å². The standard InChI is InChI=1S/C19H16ClNO4S2/c1-10-4-5-12(9-13(10)20)21-18(23)16(27-19(21)26)8-11-6-14(24-2)17(22)15(7-11)25-3/h4-9,22H,1-3H3/b16-8-. The fourth-order valence-electron chi connectivity index (χ4n) is 2.56. The van der Waals surface area contributed by atoms with Crippen molar-refractivity contribution in [3.8, 4) is 17.2 Å². The first kappa shape index (κ1) is 19.5. The van der Waals surface area contributed by atoms with Crippen LogP contribution < -0.4 is 14.4 Å². The highest BCUT2D eigenvalue weighted by Crippen LogP contribution is 2.40. The van der Waals surface area contributed by atoms with E-state index in [1.54, 1.807) is 24.3 Å². The van der Waals surface area contributed by atoms with Gasteiger partial charge in [0.05, 0.1) is 24.8 Å². The molecule has 0 unspecified atom stereocenters. The number of phenolic OH excluding ortho intramolecular Hbond substituents is 1. The number of amides is 1. The predicted molar refractivity (Wildman–Crippen MR) is 113 cm³/mol. The third-order valence-corrected chi connectivity index (χ3v) is 5.72. The number of anilines is 1. The minimum absolute atomic E-state index is 0.0982. The highest BCUT2D eigenvalue weighted by Gasteiger charge is 2.33. The molecular weight excluding hydrogens is 406 g/mol. The van der Waals surface area contributed by atoms with Crippen LogP contribution in [0.15, 0.2) is 35.2 Å². The number of nitrogens with zero attached hydrogens (tertiary/aromatic N) is 1. The Morgan fingerprint density at radius 2 is 1.81 bits per heavy atom. The number of benzene rings is 2. The molecule has 0 bridgehead atoms. The second-order valence-corrected chi connectivity index (χ2v) is 7.81. The number of hydrogen-bond acceptors (Lipinski definition) is 6. The van der Waals surface area contributed by atoms with Crippen LogP contribution in [0.3, 0.4) is 0 Å². The van der Waals surface area contributed by atoms with E-state index in [-0.39, 0.29) is 23.2 Å². The number of rotatable bonds is 4. The quantitative estimate of drug-likeness (QED) is 0.566. The number of hydrogen-bond donors (Lipinski definition) is 1. The summed E-state index contributed by atoms with van der Waals surface area (Å²) in [5, 5.41) is 10.6. The average Bonchev–Trinajstić information content (AvgIpc) is 2.92. The number of thiocarbonyl (C=S) groups is 1. The zero-order valence-corrected chi connectivity index (χ0v) is 17.2. The molecule has 1 saturated heterocycles. The molecule has 3 rings (SSSR count). The van der Waals surface area contributed by atoms with Crippen molar-refractivity contribution in [2.45, 2.75) is 6.92 Å². The van der Waals surface area contributed by atoms with Crippen molar-refractivity contribution in [3.05, 3.63) is 51.4 Å². The van der Waals surface area contributed by atoms with Gasteiger partial charge < -0.3 is 14.6 Å². The number of phenols is 1. The maximum atomic E-state index is 12.9. The highest BCUT2D eigenvalue weighted by molar-refractivity contribution is 8.27. The van der Waals surface area contributed by atoms with E-state index in [0.717, 1.165) is 5.56 Å². The summed E-state index contributed by atoms with van der Waals surface area (Å²) in [5.41, 5.74) is 2.19. The van der Waals surface area contributed by atoms with Crippen molar-refractivity contribution >= 4 is 57.6 Å². The molecule has 27 heavy (non-hydrogen) atoms. The molecular formula is C19H16ClNO4S2. The van der Waals surface area contributed by atoms with Crippen molar-refractivity contribution in [1.29, 1.82) is 0 Å². The Hall–Kier alpha value is -2.22. The summed E-state index contributed by atoms with van der Waals surface area (Å²) in [6, 6.07) is 8.61. The molecule has 1 N–H and O–H groups in total. The zero-order chi connectivity index (χ0) is 19.7. The van der Waals surface area contributed by atoms with Crippen LogP contribution in [-0.2, 0) is 4.79 Å². The monoisotopic (exact) mass is 421 g/mol. The molecule has 1 aliphatic heterocycles. The molecule has 1 amide bonds. The van der Waals surface area contributed by atoms with Crippen molar-refractivity contribution in [1.82, 2.24) is 0 Å². The number of thioether (sulfide) groups is 1. The molecule has 1 fully saturated rings. The highest BCUT2D eigenvalue weighted by atomic mass is 35.5. The van der Waals surface area contributed by atoms with Crippen LogP contribution >= 0.6 is 35.6 Å². The number of ether oxygens (including phenoxy) is 2. The van der Waals surface area contributed by atoms with E-state index >= 15 is 0 Å². The summed E-state index contributed by atoms with van der Waals surface area (Å²) >= 11 is 12.8. The molecule has 0 radical (unpaired) electrons. The molecule has 0 aromatic heterocycles. The Morgan fingerprint density at radius 3 is 2.37 bits per heavy atom. The zero-order valence-electron chi connectivity index (χ0n) is 14.8. The Kier molecular flexibility index (Phi) is 5.64. The van der Waals surface area contributed by atoms with Crippen LogP contribution in [0.25, 0.3) is 6.08 Å². The summed E-state index contributed by atoms with van der Waals surface area (Å²) < 4.78 is 10.7. The van der Waals surface area contributed by atoms with Crippen molar-refractivity contribution in [3.63, 3.8) is 0 Å². The maximum absolute atomic E-state index is 12.9. The van der Waals surface area contributed by atoms with Gasteiger partial charge in [-0.15, -0.1) is 0 Å². The van der Waals surface area contributed by atoms with Gasteiger partial charge in [-0.05, 0) is 48.4 Å². The maximum Gasteiger partial charge on any atom is 0.270 e. The van der Waals surface area contributed by atoms with Gasteiger partial charge in [-0.25, -0.2) is 0 Å². The van der Waals surface area contributed by atoms with Gasteiger partial charge in [0, 0.05) is 5.02 Å². The van der Waals surface area contributed by atoms with E-state index in [1.165, 1.54) is 30.9 Å². The first-order valence-electron chi connectivity index (χ1n) is 7.84. The van der Waals surface area contributed by atoms with Crippen LogP contribution in [-0.4, -0.2) is 29.6 Å². The summed E-state index contributed by atoms with van der Waals surface area (Å²) in [6.45, 7) is 1.89. The van der Waals surface area contributed by atoms with Crippen LogP contribution in [0.5, 0.6) is 17.2 Å². The lowest BCUT2D eigenvalue weighted by Crippen LogP contribution is -2.27. The molecule has 2 aromatic carbocycles. The largest absolute Gasteiger partial charge is 0.502 e. The van der Waals surface area contributed by atoms with E-state index in [9.17, 15) is 9.90 Å². The van der Waals surface area contributed by atoms with E-state index in [4.69, 9.17) is 33.3 Å². The van der Waals surface area contributed by atoms with Crippen LogP contribution in [0.4, 0.5) is 5.69 Å². The summed E-state index contributed by atoms with van der Waals surface area (Å²) in [5.74, 6) is 0.165. The second kappa shape index (κ2) is 7.80. The fraction of sp³-hybridized carbons (Fsp3) is 0.158. The molecule has 140 valence electrons. The molecule has 0 saturated carbocycles. The number of aryl methyl sites for hydroxylation is 1. The van der Waals surface area contributed by atoms with Crippen molar-refractivity contribution < 1.29 is 19.4 Å². The second-order valence-electron chi connectivity index (χ2n) is 5.72. The first-order valence-corrected chi connectivity index (χ1v) is 9.45. The van der Waals surface area contributed by atoms with E-state index < -0.39 is 0 Å². The number of carbonyl (C=O) groups excluding carboxylic acids is 1. The Morgan fingerprint density at radius 1 is 1.19 bits per heavy atom. The summed E-state index contributed by atoms with van der Waals surface area (Å²) in [6.07, 6.45) is 1.68. The third-order valence-electron chi connectivity index (χ3n) is 4.01. The third kappa shape index (κ3) is 3.76. The molecule has 0 spiro atoms. The lowest BCUT2D eigenvalue weighted by atomic mass is 10.1. The molecule has 0 aliphatic carbocycles. The predicted octanol–water partition coefficient (Wildman–Crippen LogP) is 4.78. The molecule has 2 aromatic rings. The minimum Gasteiger partial charge on any atom is -0.502 e. The smallest absolute Gasteiger partial charge is 0.270 e. The molecule has 8 heteroatoms. The molecule has 1 aliphatic rings. The SMILES string of the molecule is COc1cc(/C=C2\SC(=S)N(c3ccc(C)c(Cl)c3)C2=O)cc(OC)c1O. The lowest BCUT2D eigenvalue weighted by molar-refractivity contribution is -0.113. The minimum atomic E-state index is -0.240. The molecule has 5 nitrogen and oxygen atoms in total. The Labute approximate surface area is 171 Å². The van der Waals surface area contributed by atoms with Crippen molar-refractivity contribution in [2.75, 3.05) is 19.1 Å². The van der Waals surface area contributed by atoms with Gasteiger partial charge in [0.25, 0.3) is 5.91 Å². The van der Waals surface area contributed by atoms with Crippen LogP contribution in [0.1, 0.15) is 11.1 Å². The number of halogens is 1. The topological polar surface area (TPSA) is 59.0 Å². The van der Waals surface area contributed by atoms with Crippen LogP contribution in [0, 0.1) is 6.92 Å². The van der Waals surface area contributed by atoms with Gasteiger partial charge in [-0.1, -0.05) is 41.6 Å². The van der Waals surface area contributed by atoms with E-state index in [1.807, 2.05) is 19.1 Å². The normalized spacial score (nSPS) is 15.6. The first-order chi connectivity index (χ1) is 12.8. The Bertz CT molecular complexity index is 949. The van der Waals surface area contributed by atoms with Crippen molar-refractivity contribution in [2.24, 2.45) is 0 Å².